The lowest BCUT2D eigenvalue weighted by Crippen LogP contribution is -2.13. The lowest BCUT2D eigenvalue weighted by molar-refractivity contribution is 0.518. The maximum absolute atomic E-state index is 14.1. The van der Waals surface area contributed by atoms with E-state index in [-0.39, 0.29) is 49.1 Å². The average Bonchev–Trinajstić information content (AvgIpc) is 3.41. The van der Waals surface area contributed by atoms with Crippen molar-refractivity contribution in [2.24, 2.45) is 10.9 Å². The molecule has 17 heteroatoms. The van der Waals surface area contributed by atoms with Gasteiger partial charge in [-0.05, 0) is 12.1 Å². The number of fused-ring (bicyclic) bond motifs is 2. The van der Waals surface area contributed by atoms with Crippen LogP contribution in [-0.4, -0.2) is 40.6 Å². The molecule has 1 aromatic carbocycles. The Morgan fingerprint density at radius 3 is 2.75 bits per heavy atom. The normalized spacial score (nSPS) is 11.4. The van der Waals surface area contributed by atoms with Crippen molar-refractivity contribution < 1.29 is 4.39 Å². The van der Waals surface area contributed by atoms with Crippen molar-refractivity contribution in [3.8, 4) is 11.8 Å². The van der Waals surface area contributed by atoms with Crippen molar-refractivity contribution in [1.82, 2.24) is 34.4 Å². The van der Waals surface area contributed by atoms with Gasteiger partial charge in [-0.2, -0.15) is 24.8 Å². The lowest BCUT2D eigenvalue weighted by atomic mass is 10.1. The van der Waals surface area contributed by atoms with Crippen molar-refractivity contribution in [3.05, 3.63) is 57.1 Å². The van der Waals surface area contributed by atoms with Gasteiger partial charge in [0, 0.05) is 5.56 Å². The van der Waals surface area contributed by atoms with E-state index in [9.17, 15) is 9.65 Å². The first-order valence-corrected chi connectivity index (χ1v) is 10.8. The molecule has 180 valence electrons. The minimum atomic E-state index is -0.993. The number of hydrogen-bond acceptors (Lipinski definition) is 11. The highest BCUT2D eigenvalue weighted by molar-refractivity contribution is 6.43. The molecule has 0 amide bonds. The second-order valence-electron chi connectivity index (χ2n) is 7.02. The van der Waals surface area contributed by atoms with Gasteiger partial charge in [0.1, 0.15) is 28.6 Å². The minimum absolute atomic E-state index is 0.0373. The first-order valence-electron chi connectivity index (χ1n) is 9.71. The quantitative estimate of drug-likeness (QED) is 0.110. The molecule has 0 spiro atoms. The van der Waals surface area contributed by atoms with E-state index >= 15 is 0 Å². The average molecular weight is 547 g/mol. The van der Waals surface area contributed by atoms with Gasteiger partial charge in [-0.1, -0.05) is 34.8 Å². The van der Waals surface area contributed by atoms with E-state index in [1.165, 1.54) is 23.4 Å². The maximum atomic E-state index is 14.1. The van der Waals surface area contributed by atoms with Crippen LogP contribution in [0, 0.1) is 17.4 Å². The van der Waals surface area contributed by atoms with Crippen molar-refractivity contribution in [1.29, 1.82) is 5.26 Å². The largest absolute Gasteiger partial charge is 0.335 e. The van der Waals surface area contributed by atoms with Gasteiger partial charge in [0.25, 0.3) is 0 Å². The third-order valence-electron chi connectivity index (χ3n) is 5.06. The Hall–Kier alpha value is -4.29. The summed E-state index contributed by atoms with van der Waals surface area (Å²) in [6.07, 6.45) is 3.13. The number of rotatable bonds is 5. The molecule has 0 aliphatic rings. The number of nitrogen functional groups attached to an aromatic ring is 2. The fourth-order valence-electron chi connectivity index (χ4n) is 3.45. The molecule has 0 saturated carbocycles. The fraction of sp³-hybridized carbons (Fsp3) is 0. The van der Waals surface area contributed by atoms with Crippen LogP contribution >= 0.6 is 34.8 Å². The molecule has 5 rings (SSSR count). The van der Waals surface area contributed by atoms with Gasteiger partial charge in [0.2, 0.25) is 0 Å². The third-order valence-corrected chi connectivity index (χ3v) is 6.10. The van der Waals surface area contributed by atoms with E-state index in [2.05, 4.69) is 41.0 Å². The Bertz CT molecular complexity index is 1740. The Balaban J connectivity index is 1.57. The topological polar surface area (TPSA) is 187 Å². The maximum Gasteiger partial charge on any atom is 0.310 e. The van der Waals surface area contributed by atoms with Crippen LogP contribution in [0.4, 0.5) is 15.9 Å². The zero-order valence-electron chi connectivity index (χ0n) is 17.6. The van der Waals surface area contributed by atoms with E-state index in [0.717, 1.165) is 0 Å². The first kappa shape index (κ1) is 23.5. The van der Waals surface area contributed by atoms with Gasteiger partial charge in [0.05, 0.1) is 34.1 Å². The number of anilines is 2. The van der Waals surface area contributed by atoms with Crippen LogP contribution in [0.15, 0.2) is 29.8 Å². The number of halogens is 4. The Labute approximate surface area is 215 Å². The van der Waals surface area contributed by atoms with E-state index in [4.69, 9.17) is 46.5 Å². The molecular weight excluding hydrogens is 536 g/mol. The standard InChI is InChI=1S/C19H11Cl3FN13/c20-10-2-1-7(12(33-25)8(10)3-24)4-29-34-16-9-5-30-36(18(9)28-6-27-16)13-11(21)15(22)31-17-14(13)35(26)19(23)32-17/h1-2,4-6,33H,25-26H2,(H,27,28,34)/b29-4+. The molecule has 0 saturated heterocycles. The second kappa shape index (κ2) is 9.06. The van der Waals surface area contributed by atoms with Crippen molar-refractivity contribution in [3.63, 3.8) is 0 Å². The summed E-state index contributed by atoms with van der Waals surface area (Å²) in [5.41, 5.74) is 6.59. The number of benzene rings is 1. The molecule has 5 aromatic rings. The van der Waals surface area contributed by atoms with Crippen LogP contribution in [0.1, 0.15) is 11.1 Å². The SMILES string of the molecule is N#Cc1c(Cl)ccc(/C=N/Nc2ncnc3c2cnn3-c2c(Cl)c(Cl)nc3nc(F)n(N)c23)c1NN. The molecule has 36 heavy (non-hydrogen) atoms. The monoisotopic (exact) mass is 545 g/mol. The zero-order valence-corrected chi connectivity index (χ0v) is 19.8. The molecule has 4 heterocycles. The van der Waals surface area contributed by atoms with Gasteiger partial charge in [-0.3, -0.25) is 11.3 Å². The predicted molar refractivity (Wildman–Crippen MR) is 133 cm³/mol. The predicted octanol–water partition coefficient (Wildman–Crippen LogP) is 2.98. The molecule has 13 nitrogen and oxygen atoms in total. The van der Waals surface area contributed by atoms with Crippen LogP contribution in [0.3, 0.4) is 0 Å². The zero-order chi connectivity index (χ0) is 25.6. The first-order chi connectivity index (χ1) is 17.3. The van der Waals surface area contributed by atoms with E-state index in [1.54, 1.807) is 12.1 Å². The Morgan fingerprint density at radius 2 is 2.00 bits per heavy atom. The second-order valence-corrected chi connectivity index (χ2v) is 8.16. The molecule has 4 aromatic heterocycles. The number of aromatic nitrogens is 7. The smallest absolute Gasteiger partial charge is 0.310 e. The molecule has 6 N–H and O–H groups in total. The van der Waals surface area contributed by atoms with Crippen LogP contribution < -0.4 is 22.5 Å². The summed E-state index contributed by atoms with van der Waals surface area (Å²) in [6, 6.07) is 5.16. The number of nitrogens with zero attached hydrogens (tertiary/aromatic N) is 9. The summed E-state index contributed by atoms with van der Waals surface area (Å²) < 4.78 is 16.1. The van der Waals surface area contributed by atoms with Gasteiger partial charge in [0.15, 0.2) is 22.3 Å². The van der Waals surface area contributed by atoms with Gasteiger partial charge in [-0.15, -0.1) is 0 Å². The molecule has 0 aliphatic carbocycles. The van der Waals surface area contributed by atoms with Crippen LogP contribution in [-0.2, 0) is 0 Å². The van der Waals surface area contributed by atoms with Crippen molar-refractivity contribution in [2.75, 3.05) is 16.7 Å². The van der Waals surface area contributed by atoms with Gasteiger partial charge < -0.3 is 11.3 Å². The van der Waals surface area contributed by atoms with E-state index in [1.807, 2.05) is 6.07 Å². The Morgan fingerprint density at radius 1 is 1.19 bits per heavy atom. The summed E-state index contributed by atoms with van der Waals surface area (Å²) in [5, 5.41) is 18.3. The molecule has 0 unspecified atom stereocenters. The molecule has 0 aliphatic heterocycles. The number of pyridine rings is 1. The lowest BCUT2D eigenvalue weighted by Gasteiger charge is -2.10. The molecule has 0 atom stereocenters. The third kappa shape index (κ3) is 3.67. The number of nitrogens with two attached hydrogens (primary N) is 2. The highest BCUT2D eigenvalue weighted by Crippen LogP contribution is 2.35. The number of nitrogens with one attached hydrogen (secondary N) is 2. The molecule has 0 bridgehead atoms. The fourth-order valence-corrected chi connectivity index (χ4v) is 4.04. The Kier molecular flexibility index (Phi) is 5.90. The number of hydrazine groups is 1. The van der Waals surface area contributed by atoms with Crippen molar-refractivity contribution in [2.45, 2.75) is 0 Å². The van der Waals surface area contributed by atoms with Crippen LogP contribution in [0.5, 0.6) is 0 Å². The number of hydrazone groups is 1. The molecule has 0 radical (unpaired) electrons. The van der Waals surface area contributed by atoms with Crippen molar-refractivity contribution >= 4 is 74.7 Å². The number of nitriles is 1. The number of imidazole rings is 1. The summed E-state index contributed by atoms with van der Waals surface area (Å²) in [7, 11) is 0. The van der Waals surface area contributed by atoms with E-state index < -0.39 is 6.08 Å². The van der Waals surface area contributed by atoms with Crippen LogP contribution in [0.2, 0.25) is 15.2 Å². The summed E-state index contributed by atoms with van der Waals surface area (Å²) in [4.78, 5) is 16.0. The van der Waals surface area contributed by atoms with E-state index in [0.29, 0.717) is 21.3 Å². The highest BCUT2D eigenvalue weighted by Gasteiger charge is 2.24. The highest BCUT2D eigenvalue weighted by atomic mass is 35.5. The van der Waals surface area contributed by atoms with Crippen LogP contribution in [0.25, 0.3) is 27.9 Å². The minimum Gasteiger partial charge on any atom is -0.335 e. The summed E-state index contributed by atoms with van der Waals surface area (Å²) >= 11 is 18.6. The molecular formula is C19H11Cl3FN13. The number of hydrogen-bond donors (Lipinski definition) is 4. The molecule has 0 fully saturated rings. The summed E-state index contributed by atoms with van der Waals surface area (Å²) in [6.45, 7) is 0. The van der Waals surface area contributed by atoms with Gasteiger partial charge >= 0.3 is 6.08 Å². The summed E-state index contributed by atoms with van der Waals surface area (Å²) in [5.74, 6) is 11.6. The van der Waals surface area contributed by atoms with Gasteiger partial charge in [-0.25, -0.2) is 24.3 Å².